The fraction of sp³-hybridized carbons (Fsp3) is 0.211. The maximum Gasteiger partial charge on any atom is 0.416 e. The van der Waals surface area contributed by atoms with Crippen LogP contribution in [-0.4, -0.2) is 28.0 Å². The fourth-order valence-corrected chi connectivity index (χ4v) is 2.67. The van der Waals surface area contributed by atoms with E-state index in [2.05, 4.69) is 15.6 Å². The van der Waals surface area contributed by atoms with Crippen LogP contribution in [0.25, 0.3) is 5.69 Å². The molecule has 6 nitrogen and oxygen atoms in total. The smallest absolute Gasteiger partial charge is 0.378 e. The van der Waals surface area contributed by atoms with Crippen LogP contribution in [-0.2, 0) is 17.5 Å². The van der Waals surface area contributed by atoms with E-state index in [1.165, 1.54) is 23.9 Å². The van der Waals surface area contributed by atoms with Crippen LogP contribution in [0.4, 0.5) is 18.9 Å². The van der Waals surface area contributed by atoms with Gasteiger partial charge in [0.15, 0.2) is 5.69 Å². The third-order valence-corrected chi connectivity index (χ3v) is 3.95. The molecule has 3 aromatic rings. The standard InChI is InChI=1S/C19H17F3N4O2/c1-12-5-3-8-15(9-12)26-16(11-28-2)17(24-25-26)18(27)23-14-7-4-6-13(10-14)19(20,21)22/h3-10H,11H2,1-2H3,(H,23,27). The Morgan fingerprint density at radius 2 is 1.93 bits per heavy atom. The zero-order valence-corrected chi connectivity index (χ0v) is 15.1. The Hall–Kier alpha value is -3.20. The number of alkyl halides is 3. The van der Waals surface area contributed by atoms with E-state index in [0.29, 0.717) is 11.4 Å². The Morgan fingerprint density at radius 3 is 2.61 bits per heavy atom. The Balaban J connectivity index is 1.92. The predicted octanol–water partition coefficient (Wildman–Crippen LogP) is 3.99. The molecular formula is C19H17F3N4O2. The second-order valence-electron chi connectivity index (χ2n) is 6.10. The van der Waals surface area contributed by atoms with Crippen molar-refractivity contribution in [2.45, 2.75) is 19.7 Å². The van der Waals surface area contributed by atoms with Crippen LogP contribution in [0.3, 0.4) is 0 Å². The van der Waals surface area contributed by atoms with Crippen LogP contribution < -0.4 is 5.32 Å². The minimum absolute atomic E-state index is 0.00768. The van der Waals surface area contributed by atoms with Gasteiger partial charge < -0.3 is 10.1 Å². The average Bonchev–Trinajstić information content (AvgIpc) is 3.05. The van der Waals surface area contributed by atoms with Crippen LogP contribution in [0.15, 0.2) is 48.5 Å². The van der Waals surface area contributed by atoms with Gasteiger partial charge in [-0.25, -0.2) is 4.68 Å². The van der Waals surface area contributed by atoms with Crippen molar-refractivity contribution in [3.05, 3.63) is 71.0 Å². The maximum absolute atomic E-state index is 12.9. The lowest BCUT2D eigenvalue weighted by Gasteiger charge is -2.10. The first kappa shape index (κ1) is 19.6. The van der Waals surface area contributed by atoms with Gasteiger partial charge in [-0.2, -0.15) is 13.2 Å². The van der Waals surface area contributed by atoms with Crippen molar-refractivity contribution in [1.29, 1.82) is 0 Å². The van der Waals surface area contributed by atoms with Crippen molar-refractivity contribution in [1.82, 2.24) is 15.0 Å². The number of nitrogens with one attached hydrogen (secondary N) is 1. The summed E-state index contributed by atoms with van der Waals surface area (Å²) in [7, 11) is 1.46. The Bertz CT molecular complexity index is 999. The van der Waals surface area contributed by atoms with E-state index in [-0.39, 0.29) is 18.0 Å². The van der Waals surface area contributed by atoms with Gasteiger partial charge >= 0.3 is 6.18 Å². The van der Waals surface area contributed by atoms with Gasteiger partial charge in [0.05, 0.1) is 17.9 Å². The number of methoxy groups -OCH3 is 1. The highest BCUT2D eigenvalue weighted by Gasteiger charge is 2.30. The van der Waals surface area contributed by atoms with E-state index in [1.54, 1.807) is 6.07 Å². The summed E-state index contributed by atoms with van der Waals surface area (Å²) in [6, 6.07) is 11.8. The fourth-order valence-electron chi connectivity index (χ4n) is 2.67. The molecule has 0 unspecified atom stereocenters. The first-order valence-corrected chi connectivity index (χ1v) is 8.29. The van der Waals surface area contributed by atoms with Crippen LogP contribution in [0, 0.1) is 6.92 Å². The molecule has 0 aliphatic rings. The van der Waals surface area contributed by atoms with Crippen molar-refractivity contribution in [2.75, 3.05) is 12.4 Å². The van der Waals surface area contributed by atoms with Crippen molar-refractivity contribution in [3.63, 3.8) is 0 Å². The number of amides is 1. The number of aromatic nitrogens is 3. The highest BCUT2D eigenvalue weighted by molar-refractivity contribution is 6.03. The van der Waals surface area contributed by atoms with Gasteiger partial charge in [-0.1, -0.05) is 23.4 Å². The van der Waals surface area contributed by atoms with Crippen LogP contribution in [0.5, 0.6) is 0 Å². The third kappa shape index (κ3) is 4.20. The number of aryl methyl sites for hydroxylation is 1. The lowest BCUT2D eigenvalue weighted by molar-refractivity contribution is -0.137. The molecule has 0 aliphatic heterocycles. The number of carbonyl (C=O) groups excluding carboxylic acids is 1. The van der Waals surface area contributed by atoms with Crippen molar-refractivity contribution < 1.29 is 22.7 Å². The normalized spacial score (nSPS) is 11.5. The van der Waals surface area contributed by atoms with Gasteiger partial charge in [-0.05, 0) is 42.8 Å². The number of anilines is 1. The van der Waals surface area contributed by atoms with Gasteiger partial charge in [-0.15, -0.1) is 5.10 Å². The molecular weight excluding hydrogens is 373 g/mol. The summed E-state index contributed by atoms with van der Waals surface area (Å²) < 4.78 is 45.2. The number of rotatable bonds is 5. The molecule has 0 saturated heterocycles. The van der Waals surface area contributed by atoms with E-state index < -0.39 is 17.6 Å². The molecule has 0 spiro atoms. The number of halogens is 3. The number of nitrogens with zero attached hydrogens (tertiary/aromatic N) is 3. The number of benzene rings is 2. The minimum atomic E-state index is -4.50. The van der Waals surface area contributed by atoms with Crippen molar-refractivity contribution in [2.24, 2.45) is 0 Å². The molecule has 9 heteroatoms. The molecule has 1 N–H and O–H groups in total. The highest BCUT2D eigenvalue weighted by Crippen LogP contribution is 2.30. The number of ether oxygens (including phenoxy) is 1. The molecule has 28 heavy (non-hydrogen) atoms. The molecule has 0 aliphatic carbocycles. The molecule has 0 radical (unpaired) electrons. The van der Waals surface area contributed by atoms with Crippen LogP contribution in [0.1, 0.15) is 27.3 Å². The summed E-state index contributed by atoms with van der Waals surface area (Å²) in [4.78, 5) is 12.6. The zero-order valence-electron chi connectivity index (χ0n) is 15.1. The monoisotopic (exact) mass is 390 g/mol. The lowest BCUT2D eigenvalue weighted by atomic mass is 10.2. The number of hydrogen-bond acceptors (Lipinski definition) is 4. The highest BCUT2D eigenvalue weighted by atomic mass is 19.4. The quantitative estimate of drug-likeness (QED) is 0.715. The van der Waals surface area contributed by atoms with Crippen molar-refractivity contribution >= 4 is 11.6 Å². The predicted molar refractivity (Wildman–Crippen MR) is 96.2 cm³/mol. The first-order chi connectivity index (χ1) is 13.3. The second kappa shape index (κ2) is 7.81. The molecule has 1 aromatic heterocycles. The average molecular weight is 390 g/mol. The topological polar surface area (TPSA) is 69.0 Å². The SMILES string of the molecule is COCc1c(C(=O)Nc2cccc(C(F)(F)F)c2)nnn1-c1cccc(C)c1. The molecule has 1 amide bonds. The minimum Gasteiger partial charge on any atom is -0.378 e. The molecule has 2 aromatic carbocycles. The zero-order chi connectivity index (χ0) is 20.3. The molecule has 3 rings (SSSR count). The van der Waals surface area contributed by atoms with E-state index in [0.717, 1.165) is 17.7 Å². The molecule has 0 bridgehead atoms. The van der Waals surface area contributed by atoms with E-state index >= 15 is 0 Å². The molecule has 146 valence electrons. The summed E-state index contributed by atoms with van der Waals surface area (Å²) in [5.74, 6) is -0.676. The van der Waals surface area contributed by atoms with Gasteiger partial charge in [0, 0.05) is 12.8 Å². The Kier molecular flexibility index (Phi) is 5.46. The third-order valence-electron chi connectivity index (χ3n) is 3.95. The molecule has 0 saturated carbocycles. The van der Waals surface area contributed by atoms with Gasteiger partial charge in [0.25, 0.3) is 5.91 Å². The summed E-state index contributed by atoms with van der Waals surface area (Å²) in [5, 5.41) is 10.4. The molecule has 1 heterocycles. The summed E-state index contributed by atoms with van der Waals surface area (Å²) in [6.07, 6.45) is -4.50. The van der Waals surface area contributed by atoms with Gasteiger partial charge in [-0.3, -0.25) is 4.79 Å². The first-order valence-electron chi connectivity index (χ1n) is 8.29. The van der Waals surface area contributed by atoms with E-state index in [1.807, 2.05) is 25.1 Å². The summed E-state index contributed by atoms with van der Waals surface area (Å²) in [6.45, 7) is 1.96. The van der Waals surface area contributed by atoms with E-state index in [9.17, 15) is 18.0 Å². The van der Waals surface area contributed by atoms with Crippen molar-refractivity contribution in [3.8, 4) is 5.69 Å². The number of carbonyl (C=O) groups is 1. The maximum atomic E-state index is 12.9. The molecule has 0 fully saturated rings. The summed E-state index contributed by atoms with van der Waals surface area (Å²) in [5.41, 5.74) is 1.20. The Morgan fingerprint density at radius 1 is 1.18 bits per heavy atom. The molecule has 0 atom stereocenters. The Labute approximate surface area is 158 Å². The van der Waals surface area contributed by atoms with E-state index in [4.69, 9.17) is 4.74 Å². The largest absolute Gasteiger partial charge is 0.416 e. The van der Waals surface area contributed by atoms with Crippen LogP contribution in [0.2, 0.25) is 0 Å². The lowest BCUT2D eigenvalue weighted by Crippen LogP contribution is -2.16. The summed E-state index contributed by atoms with van der Waals surface area (Å²) >= 11 is 0. The van der Waals surface area contributed by atoms with Gasteiger partial charge in [0.2, 0.25) is 0 Å². The van der Waals surface area contributed by atoms with Gasteiger partial charge in [0.1, 0.15) is 5.69 Å². The number of hydrogen-bond donors (Lipinski definition) is 1. The van der Waals surface area contributed by atoms with Crippen LogP contribution >= 0.6 is 0 Å². The second-order valence-corrected chi connectivity index (χ2v) is 6.10.